The third kappa shape index (κ3) is 1.65. The van der Waals surface area contributed by atoms with Crippen LogP contribution < -0.4 is 5.32 Å². The molecule has 0 radical (unpaired) electrons. The van der Waals surface area contributed by atoms with Crippen LogP contribution in [0.5, 0.6) is 0 Å². The summed E-state index contributed by atoms with van der Waals surface area (Å²) in [5.74, 6) is 0. The number of hydrogen-bond acceptors (Lipinski definition) is 2. The number of benzene rings is 1. The fourth-order valence-electron chi connectivity index (χ4n) is 1.25. The predicted molar refractivity (Wildman–Crippen MR) is 48.0 cm³/mol. The fraction of sp³-hybridized carbons (Fsp3) is 0.400. The highest BCUT2D eigenvalue weighted by atomic mass is 16.5. The first kappa shape index (κ1) is 5.00. The Bertz CT molecular complexity index is 329. The zero-order chi connectivity index (χ0) is 10.9. The second kappa shape index (κ2) is 3.70. The molecule has 12 heavy (non-hydrogen) atoms. The normalized spacial score (nSPS) is 31.7. The van der Waals surface area contributed by atoms with Crippen LogP contribution in [-0.2, 0) is 4.74 Å². The molecular formula is C10H13NO. The molecule has 1 unspecified atom stereocenters. The monoisotopic (exact) mass is 166 g/mol. The summed E-state index contributed by atoms with van der Waals surface area (Å²) in [6.45, 7) is -0.906. The van der Waals surface area contributed by atoms with Crippen LogP contribution in [0.4, 0.5) is 0 Å². The van der Waals surface area contributed by atoms with Crippen LogP contribution in [0.25, 0.3) is 0 Å². The van der Waals surface area contributed by atoms with Crippen LogP contribution in [0, 0.1) is 0 Å². The van der Waals surface area contributed by atoms with Gasteiger partial charge in [-0.2, -0.15) is 0 Å². The largest absolute Gasteiger partial charge is 0.371 e. The molecule has 1 aliphatic heterocycles. The van der Waals surface area contributed by atoms with Crippen molar-refractivity contribution in [2.75, 3.05) is 19.6 Å². The smallest absolute Gasteiger partial charge is 0.0949 e. The standard InChI is InChI=1S/C10H13NO/c1-2-4-9(5-3-1)10-8-11-6-7-12-10/h1-5,10-11H,6-8H2/i1D,6D2. The molecule has 1 aromatic rings. The van der Waals surface area contributed by atoms with Gasteiger partial charge in [0.25, 0.3) is 0 Å². The third-order valence-corrected chi connectivity index (χ3v) is 1.88. The topological polar surface area (TPSA) is 21.3 Å². The summed E-state index contributed by atoms with van der Waals surface area (Å²) >= 11 is 0. The predicted octanol–water partition coefficient (Wildman–Crippen LogP) is 1.35. The lowest BCUT2D eigenvalue weighted by molar-refractivity contribution is 0.0277. The number of rotatable bonds is 1. The molecule has 1 atom stereocenters. The molecular weight excluding hydrogens is 150 g/mol. The second-order valence-corrected chi connectivity index (χ2v) is 2.69. The quantitative estimate of drug-likeness (QED) is 0.680. The van der Waals surface area contributed by atoms with Gasteiger partial charge in [0.15, 0.2) is 0 Å². The van der Waals surface area contributed by atoms with Crippen molar-refractivity contribution < 1.29 is 8.85 Å². The van der Waals surface area contributed by atoms with Crippen molar-refractivity contribution >= 4 is 0 Å². The maximum Gasteiger partial charge on any atom is 0.0949 e. The molecule has 1 saturated heterocycles. The minimum absolute atomic E-state index is 0.0558. The summed E-state index contributed by atoms with van der Waals surface area (Å²) in [4.78, 5) is 0. The molecule has 0 saturated carbocycles. The van der Waals surface area contributed by atoms with E-state index in [0.717, 1.165) is 5.56 Å². The average Bonchev–Trinajstić information content (AvgIpc) is 2.20. The highest BCUT2D eigenvalue weighted by molar-refractivity contribution is 5.18. The van der Waals surface area contributed by atoms with Gasteiger partial charge < -0.3 is 10.1 Å². The molecule has 0 spiro atoms. The number of ether oxygens (including phenoxy) is 1. The summed E-state index contributed by atoms with van der Waals surface area (Å²) in [6, 6.07) is 7.58. The summed E-state index contributed by atoms with van der Waals surface area (Å²) in [6.07, 6.45) is -0.116. The van der Waals surface area contributed by atoms with Crippen LogP contribution in [0.3, 0.4) is 0 Å². The first-order valence-corrected chi connectivity index (χ1v) is 4.00. The van der Waals surface area contributed by atoms with Gasteiger partial charge in [-0.25, -0.2) is 0 Å². The summed E-state index contributed by atoms with van der Waals surface area (Å²) < 4.78 is 27.6. The summed E-state index contributed by atoms with van der Waals surface area (Å²) in [7, 11) is 0. The Morgan fingerprint density at radius 2 is 2.42 bits per heavy atom. The van der Waals surface area contributed by atoms with Crippen molar-refractivity contribution in [1.29, 1.82) is 0 Å². The van der Waals surface area contributed by atoms with Gasteiger partial charge in [-0.1, -0.05) is 30.3 Å². The van der Waals surface area contributed by atoms with Crippen molar-refractivity contribution in [1.82, 2.24) is 5.32 Å². The zero-order valence-corrected chi connectivity index (χ0v) is 6.71. The molecule has 1 fully saturated rings. The van der Waals surface area contributed by atoms with Crippen molar-refractivity contribution in [2.45, 2.75) is 6.10 Å². The molecule has 0 aromatic heterocycles. The maximum atomic E-state index is 7.41. The Hall–Kier alpha value is -0.860. The van der Waals surface area contributed by atoms with E-state index in [2.05, 4.69) is 5.32 Å². The zero-order valence-electron chi connectivity index (χ0n) is 9.71. The number of nitrogens with one attached hydrogen (secondary N) is 1. The molecule has 1 heterocycles. The van der Waals surface area contributed by atoms with E-state index in [1.165, 1.54) is 0 Å². The Balaban J connectivity index is 2.04. The van der Waals surface area contributed by atoms with Gasteiger partial charge in [-0.05, 0) is 5.56 Å². The average molecular weight is 166 g/mol. The lowest BCUT2D eigenvalue weighted by atomic mass is 10.1. The molecule has 0 aliphatic carbocycles. The molecule has 2 heteroatoms. The highest BCUT2D eigenvalue weighted by Gasteiger charge is 2.14. The lowest BCUT2D eigenvalue weighted by Crippen LogP contribution is -2.33. The maximum absolute atomic E-state index is 7.41. The molecule has 1 aromatic carbocycles. The Morgan fingerprint density at radius 3 is 3.08 bits per heavy atom. The molecule has 1 N–H and O–H groups in total. The van der Waals surface area contributed by atoms with Crippen molar-refractivity contribution in [3.63, 3.8) is 0 Å². The molecule has 64 valence electrons. The van der Waals surface area contributed by atoms with Crippen LogP contribution in [0.15, 0.2) is 30.3 Å². The minimum atomic E-state index is -1.42. The van der Waals surface area contributed by atoms with E-state index in [1.807, 2.05) is 12.1 Å². The van der Waals surface area contributed by atoms with Crippen LogP contribution in [0.2, 0.25) is 0 Å². The van der Waals surface area contributed by atoms with E-state index >= 15 is 0 Å². The Labute approximate surface area is 76.8 Å². The van der Waals surface area contributed by atoms with Gasteiger partial charge in [0.05, 0.1) is 14.1 Å². The van der Waals surface area contributed by atoms with Gasteiger partial charge in [0, 0.05) is 15.8 Å². The highest BCUT2D eigenvalue weighted by Crippen LogP contribution is 2.17. The fourth-order valence-corrected chi connectivity index (χ4v) is 1.25. The summed E-state index contributed by atoms with van der Waals surface area (Å²) in [5, 5.41) is 2.78. The van der Waals surface area contributed by atoms with E-state index in [1.54, 1.807) is 12.1 Å². The van der Waals surface area contributed by atoms with Crippen LogP contribution in [-0.4, -0.2) is 19.6 Å². The van der Waals surface area contributed by atoms with E-state index in [-0.39, 0.29) is 12.7 Å². The van der Waals surface area contributed by atoms with Gasteiger partial charge >= 0.3 is 0 Å². The molecule has 0 amide bonds. The molecule has 0 bridgehead atoms. The van der Waals surface area contributed by atoms with E-state index in [0.29, 0.717) is 12.6 Å². The van der Waals surface area contributed by atoms with Gasteiger partial charge in [0.1, 0.15) is 0 Å². The Morgan fingerprint density at radius 1 is 1.58 bits per heavy atom. The van der Waals surface area contributed by atoms with Crippen molar-refractivity contribution in [3.05, 3.63) is 35.9 Å². The van der Waals surface area contributed by atoms with E-state index in [4.69, 9.17) is 8.85 Å². The third-order valence-electron chi connectivity index (χ3n) is 1.88. The van der Waals surface area contributed by atoms with Crippen molar-refractivity contribution in [3.8, 4) is 0 Å². The molecule has 2 nitrogen and oxygen atoms in total. The SMILES string of the molecule is [2H]c1ccc(C2CNC([2H])([2H])CO2)cc1. The van der Waals surface area contributed by atoms with Crippen molar-refractivity contribution in [2.24, 2.45) is 0 Å². The van der Waals surface area contributed by atoms with E-state index in [9.17, 15) is 0 Å². The summed E-state index contributed by atoms with van der Waals surface area (Å²) in [5.41, 5.74) is 0.981. The molecule has 1 aliphatic rings. The van der Waals surface area contributed by atoms with Gasteiger partial charge in [-0.15, -0.1) is 0 Å². The lowest BCUT2D eigenvalue weighted by Gasteiger charge is -2.23. The molecule has 2 rings (SSSR count). The van der Waals surface area contributed by atoms with Gasteiger partial charge in [-0.3, -0.25) is 0 Å². The second-order valence-electron chi connectivity index (χ2n) is 2.69. The number of morpholine rings is 1. The Kier molecular flexibility index (Phi) is 1.54. The number of hydrogen-bond donors (Lipinski definition) is 1. The van der Waals surface area contributed by atoms with Crippen LogP contribution in [0.1, 0.15) is 15.8 Å². The minimum Gasteiger partial charge on any atom is -0.371 e. The van der Waals surface area contributed by atoms with Crippen LogP contribution >= 0.6 is 0 Å². The van der Waals surface area contributed by atoms with Gasteiger partial charge in [0.2, 0.25) is 0 Å². The first-order valence-electron chi connectivity index (χ1n) is 5.50. The first-order chi connectivity index (χ1) is 7.07. The van der Waals surface area contributed by atoms with E-state index < -0.39 is 6.50 Å².